The second-order valence-electron chi connectivity index (χ2n) is 8.30. The van der Waals surface area contributed by atoms with Crippen LogP contribution in [0.1, 0.15) is 18.4 Å². The number of likely N-dealkylation sites (tertiary alicyclic amines) is 1. The van der Waals surface area contributed by atoms with E-state index in [2.05, 4.69) is 16.0 Å². The molecule has 0 bridgehead atoms. The monoisotopic (exact) mass is 459 g/mol. The number of alkyl halides is 3. The number of hydrogen-bond acceptors (Lipinski definition) is 6. The molecular formula is C21H28F3N3O5. The summed E-state index contributed by atoms with van der Waals surface area (Å²) in [6.07, 6.45) is 0.612. The van der Waals surface area contributed by atoms with Crippen LogP contribution in [-0.4, -0.2) is 90.5 Å². The zero-order valence-corrected chi connectivity index (χ0v) is 17.7. The standard InChI is InChI=1S/C19H27N3O3.C2HF3O2/c23-18(22-6-10-25-11-7-22)17-14-21(13-16-2-1-5-20-12-16)15-19(17)3-8-24-9-4-19;3-2(4,5)1(6)7/h1-2,5,12,17H,3-4,6-11,13-15H2;(H,6,7). The van der Waals surface area contributed by atoms with E-state index < -0.39 is 12.1 Å². The average Bonchev–Trinajstić information content (AvgIpc) is 3.11. The third kappa shape index (κ3) is 6.17. The van der Waals surface area contributed by atoms with Gasteiger partial charge in [-0.15, -0.1) is 0 Å². The first-order chi connectivity index (χ1) is 15.2. The third-order valence-corrected chi connectivity index (χ3v) is 6.20. The minimum atomic E-state index is -5.08. The topological polar surface area (TPSA) is 92.2 Å². The van der Waals surface area contributed by atoms with Crippen molar-refractivity contribution in [3.63, 3.8) is 0 Å². The number of halogens is 3. The van der Waals surface area contributed by atoms with Gasteiger partial charge >= 0.3 is 12.1 Å². The highest BCUT2D eigenvalue weighted by molar-refractivity contribution is 5.80. The molecule has 3 aliphatic rings. The first-order valence-corrected chi connectivity index (χ1v) is 10.6. The molecule has 4 rings (SSSR count). The molecule has 3 fully saturated rings. The first-order valence-electron chi connectivity index (χ1n) is 10.6. The molecule has 32 heavy (non-hydrogen) atoms. The third-order valence-electron chi connectivity index (χ3n) is 6.20. The molecule has 4 heterocycles. The van der Waals surface area contributed by atoms with Gasteiger partial charge in [-0.3, -0.25) is 14.7 Å². The zero-order valence-electron chi connectivity index (χ0n) is 17.7. The molecule has 1 aromatic rings. The van der Waals surface area contributed by atoms with Crippen LogP contribution in [0.2, 0.25) is 0 Å². The Morgan fingerprint density at radius 2 is 1.78 bits per heavy atom. The number of aliphatic carboxylic acids is 1. The van der Waals surface area contributed by atoms with Crippen molar-refractivity contribution in [2.24, 2.45) is 11.3 Å². The van der Waals surface area contributed by atoms with Crippen molar-refractivity contribution >= 4 is 11.9 Å². The maximum Gasteiger partial charge on any atom is 0.490 e. The Kier molecular flexibility index (Phi) is 8.07. The molecule has 11 heteroatoms. The van der Waals surface area contributed by atoms with Gasteiger partial charge < -0.3 is 19.5 Å². The van der Waals surface area contributed by atoms with Gasteiger partial charge in [0.15, 0.2) is 0 Å². The van der Waals surface area contributed by atoms with Crippen molar-refractivity contribution in [2.45, 2.75) is 25.6 Å². The fraction of sp³-hybridized carbons (Fsp3) is 0.667. The van der Waals surface area contributed by atoms with Gasteiger partial charge in [-0.1, -0.05) is 6.07 Å². The fourth-order valence-corrected chi connectivity index (χ4v) is 4.57. The van der Waals surface area contributed by atoms with Crippen molar-refractivity contribution in [2.75, 3.05) is 52.6 Å². The van der Waals surface area contributed by atoms with Gasteiger partial charge in [-0.2, -0.15) is 13.2 Å². The average molecular weight is 459 g/mol. The maximum atomic E-state index is 13.3. The summed E-state index contributed by atoms with van der Waals surface area (Å²) in [6, 6.07) is 4.09. The van der Waals surface area contributed by atoms with E-state index in [-0.39, 0.29) is 11.3 Å². The second-order valence-corrected chi connectivity index (χ2v) is 8.30. The predicted molar refractivity (Wildman–Crippen MR) is 107 cm³/mol. The molecule has 0 radical (unpaired) electrons. The lowest BCUT2D eigenvalue weighted by molar-refractivity contribution is -0.192. The predicted octanol–water partition coefficient (Wildman–Crippen LogP) is 1.80. The number of carboxylic acids is 1. The second kappa shape index (κ2) is 10.6. The number of aromatic nitrogens is 1. The van der Waals surface area contributed by atoms with Crippen LogP contribution >= 0.6 is 0 Å². The summed E-state index contributed by atoms with van der Waals surface area (Å²) >= 11 is 0. The largest absolute Gasteiger partial charge is 0.490 e. The van der Waals surface area contributed by atoms with E-state index in [1.807, 2.05) is 17.2 Å². The number of rotatable bonds is 3. The molecule has 0 saturated carbocycles. The first kappa shape index (κ1) is 24.4. The van der Waals surface area contributed by atoms with Gasteiger partial charge in [0, 0.05) is 63.7 Å². The van der Waals surface area contributed by atoms with E-state index in [1.54, 1.807) is 6.20 Å². The van der Waals surface area contributed by atoms with Gasteiger partial charge in [-0.05, 0) is 24.5 Å². The number of carbonyl (C=O) groups is 2. The summed E-state index contributed by atoms with van der Waals surface area (Å²) in [5, 5.41) is 7.12. The summed E-state index contributed by atoms with van der Waals surface area (Å²) in [4.78, 5) is 30.8. The van der Waals surface area contributed by atoms with E-state index in [0.717, 1.165) is 58.8 Å². The maximum absolute atomic E-state index is 13.3. The van der Waals surface area contributed by atoms with Crippen LogP contribution in [-0.2, 0) is 25.6 Å². The molecule has 178 valence electrons. The van der Waals surface area contributed by atoms with Crippen LogP contribution < -0.4 is 0 Å². The summed E-state index contributed by atoms with van der Waals surface area (Å²) in [6.45, 7) is 7.00. The Labute approximate surface area is 184 Å². The number of ether oxygens (including phenoxy) is 2. The smallest absolute Gasteiger partial charge is 0.475 e. The van der Waals surface area contributed by atoms with Crippen LogP contribution in [0.4, 0.5) is 13.2 Å². The Hall–Kier alpha value is -2.24. The van der Waals surface area contributed by atoms with E-state index in [9.17, 15) is 18.0 Å². The number of nitrogens with zero attached hydrogens (tertiary/aromatic N) is 3. The van der Waals surface area contributed by atoms with Gasteiger partial charge in [0.25, 0.3) is 0 Å². The van der Waals surface area contributed by atoms with Crippen molar-refractivity contribution in [1.29, 1.82) is 0 Å². The van der Waals surface area contributed by atoms with E-state index >= 15 is 0 Å². The van der Waals surface area contributed by atoms with E-state index in [4.69, 9.17) is 19.4 Å². The van der Waals surface area contributed by atoms with Crippen molar-refractivity contribution in [3.8, 4) is 0 Å². The number of pyridine rings is 1. The number of morpholine rings is 1. The Bertz CT molecular complexity index is 766. The van der Waals surface area contributed by atoms with Crippen LogP contribution in [0.5, 0.6) is 0 Å². The quantitative estimate of drug-likeness (QED) is 0.737. The highest BCUT2D eigenvalue weighted by Crippen LogP contribution is 2.45. The number of carbonyl (C=O) groups excluding carboxylic acids is 1. The molecule has 1 N–H and O–H groups in total. The number of hydrogen-bond donors (Lipinski definition) is 1. The lowest BCUT2D eigenvalue weighted by Crippen LogP contribution is -2.49. The molecule has 0 aromatic carbocycles. The summed E-state index contributed by atoms with van der Waals surface area (Å²) < 4.78 is 42.8. The molecule has 8 nitrogen and oxygen atoms in total. The molecule has 3 aliphatic heterocycles. The molecule has 1 unspecified atom stereocenters. The van der Waals surface area contributed by atoms with E-state index in [1.165, 1.54) is 5.56 Å². The Balaban J connectivity index is 0.000000360. The highest BCUT2D eigenvalue weighted by atomic mass is 19.4. The minimum Gasteiger partial charge on any atom is -0.475 e. The number of amides is 1. The van der Waals surface area contributed by atoms with Crippen LogP contribution in [0.25, 0.3) is 0 Å². The number of carboxylic acid groups (broad SMARTS) is 1. The van der Waals surface area contributed by atoms with Gasteiger partial charge in [0.2, 0.25) is 5.91 Å². The van der Waals surface area contributed by atoms with Crippen molar-refractivity contribution in [3.05, 3.63) is 30.1 Å². The lowest BCUT2D eigenvalue weighted by atomic mass is 9.71. The van der Waals surface area contributed by atoms with E-state index in [0.29, 0.717) is 19.1 Å². The molecule has 0 aliphatic carbocycles. The van der Waals surface area contributed by atoms with Gasteiger partial charge in [-0.25, -0.2) is 4.79 Å². The molecular weight excluding hydrogens is 431 g/mol. The molecule has 3 saturated heterocycles. The normalized spacial score (nSPS) is 23.5. The van der Waals surface area contributed by atoms with Crippen LogP contribution in [0.15, 0.2) is 24.5 Å². The SMILES string of the molecule is O=C(C1CN(Cc2cccnc2)CC12CCOCC2)N1CCOCC1.O=C(O)C(F)(F)F. The highest BCUT2D eigenvalue weighted by Gasteiger charge is 2.51. The fourth-order valence-electron chi connectivity index (χ4n) is 4.57. The Morgan fingerprint density at radius 3 is 2.34 bits per heavy atom. The molecule has 1 amide bonds. The van der Waals surface area contributed by atoms with Gasteiger partial charge in [0.05, 0.1) is 19.1 Å². The summed E-state index contributed by atoms with van der Waals surface area (Å²) in [5.74, 6) is -2.36. The Morgan fingerprint density at radius 1 is 1.16 bits per heavy atom. The molecule has 1 aromatic heterocycles. The molecule has 1 spiro atoms. The van der Waals surface area contributed by atoms with Gasteiger partial charge in [0.1, 0.15) is 0 Å². The molecule has 1 atom stereocenters. The minimum absolute atomic E-state index is 0.0653. The summed E-state index contributed by atoms with van der Waals surface area (Å²) in [5.41, 5.74) is 1.28. The summed E-state index contributed by atoms with van der Waals surface area (Å²) in [7, 11) is 0. The lowest BCUT2D eigenvalue weighted by Gasteiger charge is -2.40. The van der Waals surface area contributed by atoms with Crippen LogP contribution in [0, 0.1) is 11.3 Å². The van der Waals surface area contributed by atoms with Crippen LogP contribution in [0.3, 0.4) is 0 Å². The zero-order chi connectivity index (χ0) is 23.2. The van der Waals surface area contributed by atoms with Crippen molar-refractivity contribution in [1.82, 2.24) is 14.8 Å². The van der Waals surface area contributed by atoms with Crippen molar-refractivity contribution < 1.29 is 37.3 Å².